The molecule has 0 bridgehead atoms. The SMILES string of the molecule is NC(CN1CCC(N2CCCC2)C1)c1cccc(F)c1F. The molecule has 3 rings (SSSR count). The van der Waals surface area contributed by atoms with E-state index in [-0.39, 0.29) is 5.56 Å². The highest BCUT2D eigenvalue weighted by atomic mass is 19.2. The molecule has 2 fully saturated rings. The molecule has 1 aromatic rings. The van der Waals surface area contributed by atoms with Gasteiger partial charge < -0.3 is 5.73 Å². The first kappa shape index (κ1) is 14.9. The van der Waals surface area contributed by atoms with Crippen molar-refractivity contribution in [1.29, 1.82) is 0 Å². The van der Waals surface area contributed by atoms with E-state index in [1.165, 1.54) is 32.0 Å². The third-order valence-electron chi connectivity index (χ3n) is 4.74. The fourth-order valence-electron chi connectivity index (χ4n) is 3.57. The molecule has 0 amide bonds. The molecule has 3 nitrogen and oxygen atoms in total. The summed E-state index contributed by atoms with van der Waals surface area (Å²) >= 11 is 0. The highest BCUT2D eigenvalue weighted by molar-refractivity contribution is 5.22. The van der Waals surface area contributed by atoms with E-state index in [4.69, 9.17) is 5.73 Å². The maximum atomic E-state index is 13.8. The van der Waals surface area contributed by atoms with Gasteiger partial charge in [-0.3, -0.25) is 9.80 Å². The van der Waals surface area contributed by atoms with Gasteiger partial charge in [0.15, 0.2) is 11.6 Å². The largest absolute Gasteiger partial charge is 0.323 e. The van der Waals surface area contributed by atoms with E-state index in [9.17, 15) is 8.78 Å². The van der Waals surface area contributed by atoms with Crippen LogP contribution >= 0.6 is 0 Å². The quantitative estimate of drug-likeness (QED) is 0.923. The highest BCUT2D eigenvalue weighted by Crippen LogP contribution is 2.23. The molecule has 1 aromatic carbocycles. The van der Waals surface area contributed by atoms with Crippen LogP contribution in [0.5, 0.6) is 0 Å². The molecule has 2 aliphatic rings. The normalized spacial score (nSPS) is 25.6. The summed E-state index contributed by atoms with van der Waals surface area (Å²) in [4.78, 5) is 4.83. The van der Waals surface area contributed by atoms with Crippen LogP contribution in [-0.2, 0) is 0 Å². The Morgan fingerprint density at radius 1 is 1.19 bits per heavy atom. The molecule has 2 N–H and O–H groups in total. The average Bonchev–Trinajstić information content (AvgIpc) is 3.12. The van der Waals surface area contributed by atoms with Crippen LogP contribution in [0.2, 0.25) is 0 Å². The summed E-state index contributed by atoms with van der Waals surface area (Å²) in [6, 6.07) is 4.36. The van der Waals surface area contributed by atoms with E-state index >= 15 is 0 Å². The van der Waals surface area contributed by atoms with Gasteiger partial charge in [0.2, 0.25) is 0 Å². The Morgan fingerprint density at radius 2 is 1.95 bits per heavy atom. The number of rotatable bonds is 4. The van der Waals surface area contributed by atoms with Crippen molar-refractivity contribution in [2.24, 2.45) is 5.73 Å². The summed E-state index contributed by atoms with van der Waals surface area (Å²) in [5.41, 5.74) is 6.36. The van der Waals surface area contributed by atoms with E-state index in [1.807, 2.05) is 0 Å². The van der Waals surface area contributed by atoms with Crippen molar-refractivity contribution in [3.63, 3.8) is 0 Å². The summed E-state index contributed by atoms with van der Waals surface area (Å²) in [6.07, 6.45) is 3.74. The van der Waals surface area contributed by atoms with E-state index in [0.717, 1.165) is 25.6 Å². The van der Waals surface area contributed by atoms with Crippen LogP contribution in [0.1, 0.15) is 30.9 Å². The molecule has 0 aliphatic carbocycles. The Bertz CT molecular complexity index is 488. The van der Waals surface area contributed by atoms with Crippen LogP contribution in [0.25, 0.3) is 0 Å². The first-order chi connectivity index (χ1) is 10.1. The number of hydrogen-bond acceptors (Lipinski definition) is 3. The Kier molecular flexibility index (Phi) is 4.52. The van der Waals surface area contributed by atoms with Crippen LogP contribution in [-0.4, -0.2) is 48.6 Å². The van der Waals surface area contributed by atoms with Gasteiger partial charge in [-0.1, -0.05) is 12.1 Å². The molecular formula is C16H23F2N3. The number of hydrogen-bond donors (Lipinski definition) is 1. The highest BCUT2D eigenvalue weighted by Gasteiger charge is 2.30. The van der Waals surface area contributed by atoms with Crippen LogP contribution in [0.3, 0.4) is 0 Å². The van der Waals surface area contributed by atoms with Crippen molar-refractivity contribution in [3.05, 3.63) is 35.4 Å². The van der Waals surface area contributed by atoms with Gasteiger partial charge in [-0.25, -0.2) is 8.78 Å². The summed E-state index contributed by atoms with van der Waals surface area (Å²) in [5, 5.41) is 0. The maximum Gasteiger partial charge on any atom is 0.163 e. The summed E-state index contributed by atoms with van der Waals surface area (Å²) in [5.74, 6) is -1.63. The lowest BCUT2D eigenvalue weighted by molar-refractivity contribution is 0.227. The number of benzene rings is 1. The van der Waals surface area contributed by atoms with Crippen LogP contribution in [0.15, 0.2) is 18.2 Å². The van der Waals surface area contributed by atoms with Gasteiger partial charge in [0.1, 0.15) is 0 Å². The van der Waals surface area contributed by atoms with Crippen LogP contribution < -0.4 is 5.73 Å². The van der Waals surface area contributed by atoms with Crippen molar-refractivity contribution in [2.45, 2.75) is 31.3 Å². The first-order valence-corrected chi connectivity index (χ1v) is 7.81. The minimum Gasteiger partial charge on any atom is -0.323 e. The molecule has 2 atom stereocenters. The van der Waals surface area contributed by atoms with Crippen molar-refractivity contribution in [1.82, 2.24) is 9.80 Å². The summed E-state index contributed by atoms with van der Waals surface area (Å²) in [7, 11) is 0. The second-order valence-corrected chi connectivity index (χ2v) is 6.19. The lowest BCUT2D eigenvalue weighted by Gasteiger charge is -2.25. The van der Waals surface area contributed by atoms with Crippen molar-refractivity contribution >= 4 is 0 Å². The predicted octanol–water partition coefficient (Wildman–Crippen LogP) is 2.13. The molecule has 2 saturated heterocycles. The maximum absolute atomic E-state index is 13.8. The average molecular weight is 295 g/mol. The summed E-state index contributed by atoms with van der Waals surface area (Å²) in [6.45, 7) is 4.97. The monoisotopic (exact) mass is 295 g/mol. The van der Waals surface area contributed by atoms with E-state index in [1.54, 1.807) is 6.07 Å². The van der Waals surface area contributed by atoms with Crippen molar-refractivity contribution in [2.75, 3.05) is 32.7 Å². The number of nitrogens with two attached hydrogens (primary N) is 1. The molecule has 0 saturated carbocycles. The fraction of sp³-hybridized carbons (Fsp3) is 0.625. The Hall–Kier alpha value is -1.04. The van der Waals surface area contributed by atoms with Gasteiger partial charge >= 0.3 is 0 Å². The molecule has 21 heavy (non-hydrogen) atoms. The predicted molar refractivity (Wildman–Crippen MR) is 78.9 cm³/mol. The standard InChI is InChI=1S/C16H23F2N3/c17-14-5-3-4-13(16(14)18)15(19)11-20-9-6-12(10-20)21-7-1-2-8-21/h3-5,12,15H,1-2,6-11,19H2. The molecule has 2 aliphatic heterocycles. The van der Waals surface area contributed by atoms with E-state index in [2.05, 4.69) is 9.80 Å². The van der Waals surface area contributed by atoms with Gasteiger partial charge in [0, 0.05) is 30.7 Å². The Labute approximate surface area is 124 Å². The second kappa shape index (κ2) is 6.38. The number of halogens is 2. The van der Waals surface area contributed by atoms with E-state index in [0.29, 0.717) is 12.6 Å². The molecule has 0 aromatic heterocycles. The summed E-state index contributed by atoms with van der Waals surface area (Å²) < 4.78 is 27.0. The zero-order valence-corrected chi connectivity index (χ0v) is 12.3. The van der Waals surface area contributed by atoms with Crippen LogP contribution in [0, 0.1) is 11.6 Å². The second-order valence-electron chi connectivity index (χ2n) is 6.19. The molecule has 116 valence electrons. The minimum absolute atomic E-state index is 0.277. The number of likely N-dealkylation sites (tertiary alicyclic amines) is 2. The molecule has 2 unspecified atom stereocenters. The molecule has 5 heteroatoms. The van der Waals surface area contributed by atoms with Gasteiger partial charge in [0.05, 0.1) is 0 Å². The lowest BCUT2D eigenvalue weighted by atomic mass is 10.1. The Balaban J connectivity index is 1.58. The number of nitrogens with zero attached hydrogens (tertiary/aromatic N) is 2. The zero-order valence-electron chi connectivity index (χ0n) is 12.3. The van der Waals surface area contributed by atoms with E-state index < -0.39 is 17.7 Å². The topological polar surface area (TPSA) is 32.5 Å². The molecule has 0 spiro atoms. The third-order valence-corrected chi connectivity index (χ3v) is 4.74. The van der Waals surface area contributed by atoms with Gasteiger partial charge in [-0.2, -0.15) is 0 Å². The van der Waals surface area contributed by atoms with Gasteiger partial charge in [0.25, 0.3) is 0 Å². The Morgan fingerprint density at radius 3 is 2.71 bits per heavy atom. The smallest absolute Gasteiger partial charge is 0.163 e. The van der Waals surface area contributed by atoms with Gasteiger partial charge in [-0.05, 0) is 45.0 Å². The van der Waals surface area contributed by atoms with Gasteiger partial charge in [-0.15, -0.1) is 0 Å². The molecule has 2 heterocycles. The van der Waals surface area contributed by atoms with Crippen molar-refractivity contribution in [3.8, 4) is 0 Å². The first-order valence-electron chi connectivity index (χ1n) is 7.81. The molecular weight excluding hydrogens is 272 g/mol. The molecule has 0 radical (unpaired) electrons. The van der Waals surface area contributed by atoms with Crippen LogP contribution in [0.4, 0.5) is 8.78 Å². The zero-order chi connectivity index (χ0) is 14.8. The fourth-order valence-corrected chi connectivity index (χ4v) is 3.57. The third kappa shape index (κ3) is 3.25. The minimum atomic E-state index is -0.820. The van der Waals surface area contributed by atoms with Crippen molar-refractivity contribution < 1.29 is 8.78 Å². The lowest BCUT2D eigenvalue weighted by Crippen LogP contribution is -2.37.